The summed E-state index contributed by atoms with van der Waals surface area (Å²) in [6.07, 6.45) is 0. The third-order valence-electron chi connectivity index (χ3n) is 1.73. The van der Waals surface area contributed by atoms with Crippen molar-refractivity contribution in [2.45, 2.75) is 0 Å². The monoisotopic (exact) mass is 223 g/mol. The predicted molar refractivity (Wildman–Crippen MR) is 56.4 cm³/mol. The number of amides is 1. The highest BCUT2D eigenvalue weighted by atomic mass is 16.6. The average Bonchev–Trinajstić information content (AvgIpc) is 2.28. The number of para-hydroxylation sites is 1. The smallest absolute Gasteiger partial charge is 0.282 e. The van der Waals surface area contributed by atoms with Crippen LogP contribution >= 0.6 is 0 Å². The fourth-order valence-corrected chi connectivity index (χ4v) is 1.04. The summed E-state index contributed by atoms with van der Waals surface area (Å²) in [5.41, 5.74) is 4.73. The van der Waals surface area contributed by atoms with Crippen LogP contribution in [0.4, 0.5) is 5.69 Å². The van der Waals surface area contributed by atoms with E-state index in [1.165, 1.54) is 24.3 Å². The minimum absolute atomic E-state index is 0.112. The zero-order valence-electron chi connectivity index (χ0n) is 8.08. The number of nitrogens with zero attached hydrogens (tertiary/aromatic N) is 2. The molecule has 5 N–H and O–H groups in total. The Labute approximate surface area is 90.1 Å². The van der Waals surface area contributed by atoms with E-state index >= 15 is 0 Å². The molecule has 0 aliphatic rings. The van der Waals surface area contributed by atoms with E-state index in [9.17, 15) is 14.9 Å². The fraction of sp³-hybridized carbons (Fsp3) is 0. The summed E-state index contributed by atoms with van der Waals surface area (Å²) in [6, 6.07) is 5.47. The lowest BCUT2D eigenvalue weighted by atomic mass is 10.1. The predicted octanol–water partition coefficient (Wildman–Crippen LogP) is -0.487. The van der Waals surface area contributed by atoms with Crippen molar-refractivity contribution in [1.29, 1.82) is 0 Å². The van der Waals surface area contributed by atoms with E-state index in [4.69, 9.17) is 11.6 Å². The quantitative estimate of drug-likeness (QED) is 0.204. The van der Waals surface area contributed by atoms with Gasteiger partial charge in [0, 0.05) is 6.07 Å². The van der Waals surface area contributed by atoms with Gasteiger partial charge in [-0.2, -0.15) is 0 Å². The van der Waals surface area contributed by atoms with Crippen molar-refractivity contribution in [2.75, 3.05) is 0 Å². The van der Waals surface area contributed by atoms with Gasteiger partial charge in [-0.05, 0) is 6.07 Å². The molecule has 0 heterocycles. The van der Waals surface area contributed by atoms with Gasteiger partial charge in [0.25, 0.3) is 11.6 Å². The maximum absolute atomic E-state index is 11.5. The molecule has 84 valence electrons. The maximum Gasteiger partial charge on any atom is 0.282 e. The lowest BCUT2D eigenvalue weighted by Crippen LogP contribution is -2.37. The summed E-state index contributed by atoms with van der Waals surface area (Å²) < 4.78 is 0. The molecule has 1 aromatic carbocycles. The molecule has 8 nitrogen and oxygen atoms in total. The minimum atomic E-state index is -0.737. The third-order valence-corrected chi connectivity index (χ3v) is 1.73. The summed E-state index contributed by atoms with van der Waals surface area (Å²) in [4.78, 5) is 21.5. The van der Waals surface area contributed by atoms with E-state index in [1.54, 1.807) is 0 Å². The zero-order valence-corrected chi connectivity index (χ0v) is 8.08. The molecule has 0 aliphatic carbocycles. The van der Waals surface area contributed by atoms with Crippen LogP contribution < -0.4 is 16.9 Å². The Balaban J connectivity index is 3.04. The molecule has 1 rings (SSSR count). The van der Waals surface area contributed by atoms with Gasteiger partial charge in [-0.15, -0.1) is 5.10 Å². The van der Waals surface area contributed by atoms with Crippen LogP contribution in [0.1, 0.15) is 10.4 Å². The van der Waals surface area contributed by atoms with Crippen LogP contribution in [0.15, 0.2) is 29.4 Å². The standard InChI is InChI=1S/C8H9N5O3/c9-8(12-10)11-7(14)5-3-1-2-4-6(5)13(15)16/h1-4H,10H2,(H3,9,11,12,14). The summed E-state index contributed by atoms with van der Waals surface area (Å²) in [6.45, 7) is 0. The fourth-order valence-electron chi connectivity index (χ4n) is 1.04. The second-order valence-corrected chi connectivity index (χ2v) is 2.74. The molecule has 0 bridgehead atoms. The Hall–Kier alpha value is -2.64. The van der Waals surface area contributed by atoms with E-state index in [1.807, 2.05) is 0 Å². The van der Waals surface area contributed by atoms with Gasteiger partial charge < -0.3 is 11.6 Å². The molecule has 0 spiro atoms. The van der Waals surface area contributed by atoms with E-state index in [-0.39, 0.29) is 17.2 Å². The number of nitrogens with one attached hydrogen (secondary N) is 1. The highest BCUT2D eigenvalue weighted by Gasteiger charge is 2.19. The first-order chi connectivity index (χ1) is 7.56. The lowest BCUT2D eigenvalue weighted by Gasteiger charge is -2.03. The molecule has 1 aromatic rings. The Morgan fingerprint density at radius 1 is 1.44 bits per heavy atom. The summed E-state index contributed by atoms with van der Waals surface area (Å²) in [5.74, 6) is 3.76. The Morgan fingerprint density at radius 3 is 2.62 bits per heavy atom. The van der Waals surface area contributed by atoms with Gasteiger partial charge in [0.1, 0.15) is 5.56 Å². The second kappa shape index (κ2) is 4.73. The van der Waals surface area contributed by atoms with Crippen molar-refractivity contribution < 1.29 is 9.72 Å². The zero-order chi connectivity index (χ0) is 12.1. The molecular weight excluding hydrogens is 214 g/mol. The van der Waals surface area contributed by atoms with Crippen LogP contribution in [0.5, 0.6) is 0 Å². The maximum atomic E-state index is 11.5. The second-order valence-electron chi connectivity index (χ2n) is 2.74. The molecule has 0 aliphatic heterocycles. The van der Waals surface area contributed by atoms with E-state index in [2.05, 4.69) is 10.4 Å². The van der Waals surface area contributed by atoms with Crippen LogP contribution in [-0.4, -0.2) is 16.8 Å². The van der Waals surface area contributed by atoms with Crippen molar-refractivity contribution in [3.05, 3.63) is 39.9 Å². The summed E-state index contributed by atoms with van der Waals surface area (Å²) in [5, 5.41) is 15.7. The van der Waals surface area contributed by atoms with Gasteiger partial charge in [-0.3, -0.25) is 20.2 Å². The van der Waals surface area contributed by atoms with Gasteiger partial charge in [-0.25, -0.2) is 0 Å². The van der Waals surface area contributed by atoms with Gasteiger partial charge in [0.05, 0.1) is 4.92 Å². The first-order valence-corrected chi connectivity index (χ1v) is 4.14. The molecule has 0 saturated carbocycles. The number of hydrazone groups is 1. The van der Waals surface area contributed by atoms with Crippen LogP contribution in [0.3, 0.4) is 0 Å². The summed E-state index contributed by atoms with van der Waals surface area (Å²) >= 11 is 0. The Kier molecular flexibility index (Phi) is 3.38. The van der Waals surface area contributed by atoms with Crippen LogP contribution in [0, 0.1) is 10.1 Å². The highest BCUT2D eigenvalue weighted by molar-refractivity contribution is 6.07. The van der Waals surface area contributed by atoms with E-state index in [0.29, 0.717) is 0 Å². The number of carbonyl (C=O) groups excluding carboxylic acids is 1. The number of nitro benzene ring substituents is 1. The van der Waals surface area contributed by atoms with Gasteiger partial charge in [0.15, 0.2) is 0 Å². The number of hydrogen-bond donors (Lipinski definition) is 3. The van der Waals surface area contributed by atoms with Crippen molar-refractivity contribution in [1.82, 2.24) is 5.32 Å². The summed E-state index contributed by atoms with van der Waals surface area (Å²) in [7, 11) is 0. The average molecular weight is 223 g/mol. The number of guanidine groups is 1. The van der Waals surface area contributed by atoms with Gasteiger partial charge >= 0.3 is 0 Å². The molecule has 0 aromatic heterocycles. The first kappa shape index (κ1) is 11.4. The van der Waals surface area contributed by atoms with Crippen molar-refractivity contribution in [3.8, 4) is 0 Å². The number of carbonyl (C=O) groups is 1. The molecule has 0 atom stereocenters. The van der Waals surface area contributed by atoms with Crippen molar-refractivity contribution >= 4 is 17.6 Å². The lowest BCUT2D eigenvalue weighted by molar-refractivity contribution is -0.385. The SMILES string of the molecule is NN=C(N)NC(=O)c1ccccc1[N+](=O)[O-]. The van der Waals surface area contributed by atoms with Crippen LogP contribution in [-0.2, 0) is 0 Å². The molecule has 0 radical (unpaired) electrons. The largest absolute Gasteiger partial charge is 0.368 e. The number of nitrogens with two attached hydrogens (primary N) is 2. The van der Waals surface area contributed by atoms with Crippen molar-refractivity contribution in [3.63, 3.8) is 0 Å². The van der Waals surface area contributed by atoms with Crippen LogP contribution in [0.25, 0.3) is 0 Å². The Morgan fingerprint density at radius 2 is 2.06 bits per heavy atom. The Bertz CT molecular complexity index is 457. The van der Waals surface area contributed by atoms with Gasteiger partial charge in [0.2, 0.25) is 5.96 Å². The third kappa shape index (κ3) is 2.44. The number of nitro groups is 1. The molecule has 16 heavy (non-hydrogen) atoms. The molecule has 0 fully saturated rings. The van der Waals surface area contributed by atoms with Crippen molar-refractivity contribution in [2.24, 2.45) is 16.7 Å². The van der Waals surface area contributed by atoms with Crippen LogP contribution in [0.2, 0.25) is 0 Å². The number of hydrogen-bond acceptors (Lipinski definition) is 5. The molecular formula is C8H9N5O3. The topological polar surface area (TPSA) is 137 Å². The van der Waals surface area contributed by atoms with Gasteiger partial charge in [-0.1, -0.05) is 12.1 Å². The minimum Gasteiger partial charge on any atom is -0.368 e. The van der Waals surface area contributed by atoms with E-state index < -0.39 is 10.8 Å². The molecule has 0 unspecified atom stereocenters. The van der Waals surface area contributed by atoms with E-state index in [0.717, 1.165) is 0 Å². The number of rotatable bonds is 2. The molecule has 0 saturated heterocycles. The molecule has 8 heteroatoms. The molecule has 1 amide bonds. The highest BCUT2D eigenvalue weighted by Crippen LogP contribution is 2.16. The first-order valence-electron chi connectivity index (χ1n) is 4.14. The normalized spacial score (nSPS) is 10.9. The number of benzene rings is 1.